The summed E-state index contributed by atoms with van der Waals surface area (Å²) in [6.07, 6.45) is 0.780. The van der Waals surface area contributed by atoms with Crippen molar-refractivity contribution in [2.75, 3.05) is 0 Å². The fourth-order valence-corrected chi connectivity index (χ4v) is 4.23. The third-order valence-corrected chi connectivity index (χ3v) is 5.80. The molecule has 28 heavy (non-hydrogen) atoms. The van der Waals surface area contributed by atoms with E-state index in [0.717, 1.165) is 34.7 Å². The van der Waals surface area contributed by atoms with Crippen LogP contribution in [-0.2, 0) is 27.0 Å². The van der Waals surface area contributed by atoms with Crippen molar-refractivity contribution in [3.63, 3.8) is 0 Å². The molecule has 0 spiro atoms. The van der Waals surface area contributed by atoms with E-state index in [1.54, 1.807) is 0 Å². The molecule has 0 fully saturated rings. The monoisotopic (exact) mass is 454 g/mol. The normalized spacial score (nSPS) is 12.8. The molecule has 0 heterocycles. The van der Waals surface area contributed by atoms with Gasteiger partial charge in [0.25, 0.3) is 0 Å². The molecule has 0 aliphatic heterocycles. The average Bonchev–Trinajstić information content (AvgIpc) is 2.58. The third-order valence-electron chi connectivity index (χ3n) is 4.61. The number of halogens is 2. The fourth-order valence-electron chi connectivity index (χ4n) is 3.01. The number of rotatable bonds is 5. The van der Waals surface area contributed by atoms with Crippen molar-refractivity contribution in [3.8, 4) is 5.75 Å². The minimum absolute atomic E-state index is 0.0000761. The van der Waals surface area contributed by atoms with Gasteiger partial charge in [-0.1, -0.05) is 0 Å². The Kier molecular flexibility index (Phi) is 7.84. The van der Waals surface area contributed by atoms with Crippen molar-refractivity contribution in [3.05, 3.63) is 59.2 Å². The fraction of sp³-hybridized carbons (Fsp3) is 0.435. The molecule has 0 bridgehead atoms. The van der Waals surface area contributed by atoms with Gasteiger partial charge in [-0.2, -0.15) is 0 Å². The SMILES string of the molecule is CCC(=Nc1ccccc1)c1cc(C(C)(C)C)cc(C(C)(C)C)c1[O][Ti]([Cl])[Cl]. The molecule has 151 valence electrons. The van der Waals surface area contributed by atoms with Gasteiger partial charge in [0.2, 0.25) is 0 Å². The van der Waals surface area contributed by atoms with Crippen LogP contribution in [0.2, 0.25) is 0 Å². The number of hydrogen-bond acceptors (Lipinski definition) is 2. The molecule has 0 aliphatic rings. The number of benzene rings is 2. The summed E-state index contributed by atoms with van der Waals surface area (Å²) in [5.41, 5.74) is 5.16. The Hall–Kier alpha value is -0.796. The first-order chi connectivity index (χ1) is 12.9. The van der Waals surface area contributed by atoms with Gasteiger partial charge in [0.05, 0.1) is 0 Å². The molecule has 0 radical (unpaired) electrons. The molecule has 0 unspecified atom stereocenters. The summed E-state index contributed by atoms with van der Waals surface area (Å²) < 4.78 is 6.11. The molecular weight excluding hydrogens is 425 g/mol. The first-order valence-electron chi connectivity index (χ1n) is 9.61. The molecule has 2 rings (SSSR count). The minimum atomic E-state index is -2.61. The number of para-hydroxylation sites is 1. The van der Waals surface area contributed by atoms with E-state index in [9.17, 15) is 0 Å². The summed E-state index contributed by atoms with van der Waals surface area (Å²) in [5.74, 6) is 0.789. The van der Waals surface area contributed by atoms with Gasteiger partial charge in [0, 0.05) is 0 Å². The van der Waals surface area contributed by atoms with Gasteiger partial charge in [-0.25, -0.2) is 0 Å². The van der Waals surface area contributed by atoms with Gasteiger partial charge in [0.15, 0.2) is 0 Å². The van der Waals surface area contributed by atoms with Crippen molar-refractivity contribution in [1.82, 2.24) is 0 Å². The van der Waals surface area contributed by atoms with Crippen molar-refractivity contribution in [2.45, 2.75) is 65.7 Å². The van der Waals surface area contributed by atoms with Crippen LogP contribution in [0.25, 0.3) is 0 Å². The van der Waals surface area contributed by atoms with Crippen LogP contribution in [0.1, 0.15) is 71.6 Å². The summed E-state index contributed by atoms with van der Waals surface area (Å²) in [6, 6.07) is 14.5. The van der Waals surface area contributed by atoms with E-state index in [2.05, 4.69) is 60.6 Å². The second-order valence-electron chi connectivity index (χ2n) is 8.98. The molecule has 0 saturated heterocycles. The predicted molar refractivity (Wildman–Crippen MR) is 119 cm³/mol. The van der Waals surface area contributed by atoms with Crippen LogP contribution >= 0.6 is 18.6 Å². The molecule has 2 aromatic rings. The molecule has 0 aromatic heterocycles. The quantitative estimate of drug-likeness (QED) is 0.330. The van der Waals surface area contributed by atoms with Gasteiger partial charge in [-0.15, -0.1) is 0 Å². The summed E-state index contributed by atoms with van der Waals surface area (Å²) in [5, 5.41) is 0. The Morgan fingerprint density at radius 2 is 1.57 bits per heavy atom. The predicted octanol–water partition coefficient (Wildman–Crippen LogP) is 8.03. The van der Waals surface area contributed by atoms with E-state index < -0.39 is 16.1 Å². The van der Waals surface area contributed by atoms with E-state index >= 15 is 0 Å². The Morgan fingerprint density at radius 3 is 2.04 bits per heavy atom. The molecule has 2 aromatic carbocycles. The van der Waals surface area contributed by atoms with E-state index in [0.29, 0.717) is 0 Å². The van der Waals surface area contributed by atoms with Gasteiger partial charge < -0.3 is 0 Å². The van der Waals surface area contributed by atoms with Gasteiger partial charge in [-0.3, -0.25) is 0 Å². The molecule has 5 heteroatoms. The van der Waals surface area contributed by atoms with Crippen molar-refractivity contribution in [1.29, 1.82) is 0 Å². The second kappa shape index (κ2) is 9.35. The van der Waals surface area contributed by atoms with Crippen LogP contribution in [0.4, 0.5) is 5.69 Å². The third kappa shape index (κ3) is 6.10. The summed E-state index contributed by atoms with van der Waals surface area (Å²) >= 11 is -2.61. The Balaban J connectivity index is 2.83. The van der Waals surface area contributed by atoms with E-state index in [-0.39, 0.29) is 10.8 Å². The number of aliphatic imine (C=N–C) groups is 1. The maximum atomic E-state index is 6.21. The molecule has 0 atom stereocenters. The molecule has 0 N–H and O–H groups in total. The molecular formula is C23H30Cl2NOTi. The van der Waals surface area contributed by atoms with E-state index in [1.807, 2.05) is 30.3 Å². The van der Waals surface area contributed by atoms with Gasteiger partial charge in [-0.05, 0) is 0 Å². The molecule has 2 nitrogen and oxygen atoms in total. The zero-order valence-electron chi connectivity index (χ0n) is 17.9. The van der Waals surface area contributed by atoms with Gasteiger partial charge in [0.1, 0.15) is 0 Å². The Morgan fingerprint density at radius 1 is 0.964 bits per heavy atom. The van der Waals surface area contributed by atoms with Crippen LogP contribution in [0.5, 0.6) is 5.75 Å². The van der Waals surface area contributed by atoms with Crippen LogP contribution in [0.3, 0.4) is 0 Å². The first kappa shape index (κ1) is 23.5. The van der Waals surface area contributed by atoms with Crippen molar-refractivity contribution >= 4 is 30.0 Å². The topological polar surface area (TPSA) is 21.6 Å². The zero-order valence-corrected chi connectivity index (χ0v) is 20.9. The molecule has 0 saturated carbocycles. The van der Waals surface area contributed by atoms with Gasteiger partial charge >= 0.3 is 185 Å². The van der Waals surface area contributed by atoms with Crippen molar-refractivity contribution in [2.24, 2.45) is 4.99 Å². The van der Waals surface area contributed by atoms with E-state index in [4.69, 9.17) is 26.9 Å². The number of nitrogens with zero attached hydrogens (tertiary/aromatic N) is 1. The van der Waals surface area contributed by atoms with Crippen LogP contribution < -0.4 is 3.32 Å². The van der Waals surface area contributed by atoms with Crippen LogP contribution in [0, 0.1) is 0 Å². The first-order valence-corrected chi connectivity index (χ1v) is 14.5. The molecule has 0 aliphatic carbocycles. The summed E-state index contributed by atoms with van der Waals surface area (Å²) in [6.45, 7) is 15.4. The van der Waals surface area contributed by atoms with Crippen LogP contribution in [-0.4, -0.2) is 5.71 Å². The standard InChI is InChI=1S/C23H31NO.2ClH.Ti/c1-8-20(24-17-12-10-9-11-13-17)18-14-16(22(2,3)4)15-19(21(18)25)23(5,6)7;;;/h9-15,25H,8H2,1-7H3;2*1H;/q;;;+3/p-3. The average molecular weight is 455 g/mol. The van der Waals surface area contributed by atoms with E-state index in [1.165, 1.54) is 5.56 Å². The second-order valence-corrected chi connectivity index (χ2v) is 13.6. The molecule has 0 amide bonds. The van der Waals surface area contributed by atoms with Crippen LogP contribution in [0.15, 0.2) is 47.5 Å². The summed E-state index contributed by atoms with van der Waals surface area (Å²) in [7, 11) is 12.4. The van der Waals surface area contributed by atoms with Crippen molar-refractivity contribution < 1.29 is 19.5 Å². The summed E-state index contributed by atoms with van der Waals surface area (Å²) in [4.78, 5) is 4.93. The Labute approximate surface area is 184 Å². The zero-order chi connectivity index (χ0) is 21.1. The Bertz CT molecular complexity index is 834. The maximum absolute atomic E-state index is 6.21. The number of hydrogen-bond donors (Lipinski definition) is 0.